The molecule has 21 heavy (non-hydrogen) atoms. The van der Waals surface area contributed by atoms with Gasteiger partial charge in [0.05, 0.1) is 16.9 Å². The summed E-state index contributed by atoms with van der Waals surface area (Å²) in [5.41, 5.74) is -0.754. The monoisotopic (exact) mass is 291 g/mol. The molecule has 5 nitrogen and oxygen atoms in total. The molecule has 0 bridgehead atoms. The fraction of sp³-hybridized carbons (Fsp3) is 0.467. The predicted molar refractivity (Wildman–Crippen MR) is 79.1 cm³/mol. The van der Waals surface area contributed by atoms with Crippen molar-refractivity contribution in [3.8, 4) is 0 Å². The second kappa shape index (κ2) is 5.11. The van der Waals surface area contributed by atoms with E-state index in [1.165, 1.54) is 16.7 Å². The molecule has 0 saturated carbocycles. The van der Waals surface area contributed by atoms with Gasteiger partial charge in [-0.15, -0.1) is 0 Å². The van der Waals surface area contributed by atoms with Gasteiger partial charge in [-0.3, -0.25) is 14.3 Å². The molecule has 1 aliphatic rings. The molecule has 1 N–H and O–H groups in total. The minimum Gasteiger partial charge on any atom is -0.307 e. The van der Waals surface area contributed by atoms with Crippen molar-refractivity contribution in [3.05, 3.63) is 44.9 Å². The van der Waals surface area contributed by atoms with Gasteiger partial charge in [-0.25, -0.2) is 9.18 Å². The Morgan fingerprint density at radius 1 is 1.33 bits per heavy atom. The van der Waals surface area contributed by atoms with Gasteiger partial charge in [0.1, 0.15) is 5.82 Å². The van der Waals surface area contributed by atoms with E-state index in [2.05, 4.69) is 23.7 Å². The molecule has 1 fully saturated rings. The number of hydrogen-bond donors (Lipinski definition) is 1. The summed E-state index contributed by atoms with van der Waals surface area (Å²) in [7, 11) is 0. The lowest BCUT2D eigenvalue weighted by Gasteiger charge is -2.20. The highest BCUT2D eigenvalue weighted by atomic mass is 19.1. The van der Waals surface area contributed by atoms with Crippen LogP contribution in [0.3, 0.4) is 0 Å². The molecule has 1 saturated heterocycles. The molecule has 0 aliphatic carbocycles. The SMILES string of the molecule is CC(C)N1CCC(n2c(=O)[nH]c3cccc(F)c3c2=O)C1. The van der Waals surface area contributed by atoms with Crippen molar-refractivity contribution in [2.45, 2.75) is 32.4 Å². The number of nitrogens with zero attached hydrogens (tertiary/aromatic N) is 2. The Labute approximate surface area is 121 Å². The third-order valence-corrected chi connectivity index (χ3v) is 4.20. The van der Waals surface area contributed by atoms with Crippen molar-refractivity contribution in [2.24, 2.45) is 0 Å². The minimum absolute atomic E-state index is 0.0416. The summed E-state index contributed by atoms with van der Waals surface area (Å²) in [6.45, 7) is 5.63. The first-order valence-electron chi connectivity index (χ1n) is 7.16. The van der Waals surface area contributed by atoms with Crippen LogP contribution >= 0.6 is 0 Å². The standard InChI is InChI=1S/C15H18FN3O2/c1-9(2)18-7-6-10(8-18)19-14(20)13-11(16)4-3-5-12(13)17-15(19)21/h3-5,9-10H,6-8H2,1-2H3,(H,17,21). The fourth-order valence-electron chi connectivity index (χ4n) is 3.01. The van der Waals surface area contributed by atoms with Crippen molar-refractivity contribution in [3.63, 3.8) is 0 Å². The van der Waals surface area contributed by atoms with Crippen molar-refractivity contribution >= 4 is 10.9 Å². The Morgan fingerprint density at radius 3 is 2.76 bits per heavy atom. The molecule has 1 aromatic carbocycles. The van der Waals surface area contributed by atoms with Crippen molar-refractivity contribution < 1.29 is 4.39 Å². The highest BCUT2D eigenvalue weighted by molar-refractivity contribution is 5.77. The molecule has 2 heterocycles. The molecule has 1 unspecified atom stereocenters. The third kappa shape index (κ3) is 2.29. The van der Waals surface area contributed by atoms with Crippen LogP contribution in [-0.2, 0) is 0 Å². The van der Waals surface area contributed by atoms with E-state index < -0.39 is 17.1 Å². The topological polar surface area (TPSA) is 58.1 Å². The fourth-order valence-corrected chi connectivity index (χ4v) is 3.01. The van der Waals surface area contributed by atoms with Crippen LogP contribution in [0.25, 0.3) is 10.9 Å². The van der Waals surface area contributed by atoms with E-state index in [-0.39, 0.29) is 16.9 Å². The molecule has 6 heteroatoms. The molecule has 2 aromatic rings. The molecule has 1 aromatic heterocycles. The molecule has 112 valence electrons. The summed E-state index contributed by atoms with van der Waals surface area (Å²) in [5, 5.41) is -0.0416. The lowest BCUT2D eigenvalue weighted by atomic mass is 10.2. The van der Waals surface area contributed by atoms with Crippen molar-refractivity contribution in [1.82, 2.24) is 14.5 Å². The Bertz CT molecular complexity index is 794. The van der Waals surface area contributed by atoms with Gasteiger partial charge in [0.15, 0.2) is 0 Å². The number of hydrogen-bond acceptors (Lipinski definition) is 3. The molecule has 3 rings (SSSR count). The average Bonchev–Trinajstić information content (AvgIpc) is 2.88. The molecule has 1 atom stereocenters. The van der Waals surface area contributed by atoms with E-state index in [1.807, 2.05) is 0 Å². The van der Waals surface area contributed by atoms with Crippen molar-refractivity contribution in [1.29, 1.82) is 0 Å². The number of likely N-dealkylation sites (tertiary alicyclic amines) is 1. The van der Waals surface area contributed by atoms with E-state index in [1.54, 1.807) is 6.07 Å². The zero-order chi connectivity index (χ0) is 15.1. The molecule has 0 amide bonds. The van der Waals surface area contributed by atoms with E-state index in [4.69, 9.17) is 0 Å². The van der Waals surface area contributed by atoms with Crippen LogP contribution in [0.2, 0.25) is 0 Å². The number of H-pyrrole nitrogens is 1. The minimum atomic E-state index is -0.596. The van der Waals surface area contributed by atoms with Crippen LogP contribution < -0.4 is 11.2 Å². The van der Waals surface area contributed by atoms with Crippen LogP contribution in [0.5, 0.6) is 0 Å². The number of fused-ring (bicyclic) bond motifs is 1. The first-order chi connectivity index (χ1) is 9.99. The maximum atomic E-state index is 13.9. The highest BCUT2D eigenvalue weighted by Gasteiger charge is 2.28. The van der Waals surface area contributed by atoms with Gasteiger partial charge in [0.2, 0.25) is 0 Å². The number of benzene rings is 1. The summed E-state index contributed by atoms with van der Waals surface area (Å²) >= 11 is 0. The summed E-state index contributed by atoms with van der Waals surface area (Å²) in [6.07, 6.45) is 0.723. The Morgan fingerprint density at radius 2 is 2.10 bits per heavy atom. The van der Waals surface area contributed by atoms with E-state index in [9.17, 15) is 14.0 Å². The number of halogens is 1. The summed E-state index contributed by atoms with van der Waals surface area (Å²) in [4.78, 5) is 29.5. The summed E-state index contributed by atoms with van der Waals surface area (Å²) < 4.78 is 15.1. The second-order valence-corrected chi connectivity index (χ2v) is 5.80. The second-order valence-electron chi connectivity index (χ2n) is 5.80. The van der Waals surface area contributed by atoms with Crippen LogP contribution in [0.1, 0.15) is 26.3 Å². The number of nitrogens with one attached hydrogen (secondary N) is 1. The quantitative estimate of drug-likeness (QED) is 0.912. The van der Waals surface area contributed by atoms with Gasteiger partial charge < -0.3 is 4.98 Å². The van der Waals surface area contributed by atoms with Gasteiger partial charge in [0.25, 0.3) is 5.56 Å². The lowest BCUT2D eigenvalue weighted by Crippen LogP contribution is -2.40. The zero-order valence-electron chi connectivity index (χ0n) is 12.1. The van der Waals surface area contributed by atoms with E-state index in [0.717, 1.165) is 13.0 Å². The van der Waals surface area contributed by atoms with Crippen LogP contribution in [-0.4, -0.2) is 33.6 Å². The molecule has 0 radical (unpaired) electrons. The predicted octanol–water partition coefficient (Wildman–Crippen LogP) is 1.48. The lowest BCUT2D eigenvalue weighted by molar-refractivity contribution is 0.263. The largest absolute Gasteiger partial charge is 0.329 e. The van der Waals surface area contributed by atoms with Gasteiger partial charge in [-0.05, 0) is 32.4 Å². The third-order valence-electron chi connectivity index (χ3n) is 4.20. The Kier molecular flexibility index (Phi) is 3.41. The van der Waals surface area contributed by atoms with Crippen LogP contribution in [0.4, 0.5) is 4.39 Å². The van der Waals surface area contributed by atoms with Crippen molar-refractivity contribution in [2.75, 3.05) is 13.1 Å². The number of rotatable bonds is 2. The first kappa shape index (κ1) is 14.0. The van der Waals surface area contributed by atoms with E-state index >= 15 is 0 Å². The number of aromatic amines is 1. The molecule has 1 aliphatic heterocycles. The van der Waals surface area contributed by atoms with Crippen LogP contribution in [0.15, 0.2) is 27.8 Å². The smallest absolute Gasteiger partial charge is 0.307 e. The zero-order valence-corrected chi connectivity index (χ0v) is 12.1. The van der Waals surface area contributed by atoms with E-state index in [0.29, 0.717) is 12.6 Å². The average molecular weight is 291 g/mol. The van der Waals surface area contributed by atoms with Gasteiger partial charge in [-0.1, -0.05) is 6.07 Å². The van der Waals surface area contributed by atoms with Gasteiger partial charge >= 0.3 is 5.69 Å². The molecular formula is C15H18FN3O2. The van der Waals surface area contributed by atoms with Gasteiger partial charge in [0, 0.05) is 19.1 Å². The highest BCUT2D eigenvalue weighted by Crippen LogP contribution is 2.21. The normalized spacial score (nSPS) is 19.7. The van der Waals surface area contributed by atoms with Gasteiger partial charge in [-0.2, -0.15) is 0 Å². The maximum absolute atomic E-state index is 13.9. The number of aromatic nitrogens is 2. The maximum Gasteiger partial charge on any atom is 0.329 e. The Hall–Kier alpha value is -1.95. The first-order valence-corrected chi connectivity index (χ1v) is 7.16. The summed E-state index contributed by atoms with van der Waals surface area (Å²) in [6, 6.07) is 4.42. The summed E-state index contributed by atoms with van der Waals surface area (Å²) in [5.74, 6) is -0.596. The molecule has 0 spiro atoms. The van der Waals surface area contributed by atoms with Crippen LogP contribution in [0, 0.1) is 5.82 Å². The molecular weight excluding hydrogens is 273 g/mol. The Balaban J connectivity index is 2.14.